The second kappa shape index (κ2) is 7.71. The molecule has 0 aliphatic rings. The van der Waals surface area contributed by atoms with E-state index in [0.717, 1.165) is 12.8 Å². The molecule has 2 nitrogen and oxygen atoms in total. The van der Waals surface area contributed by atoms with Gasteiger partial charge in [-0.15, -0.1) is 0 Å². The summed E-state index contributed by atoms with van der Waals surface area (Å²) >= 11 is -1.57. The first-order chi connectivity index (χ1) is 3.27. The van der Waals surface area contributed by atoms with Crippen LogP contribution in [0.5, 0.6) is 0 Å². The molecule has 8 heavy (non-hydrogen) atoms. The molecule has 1 radical (unpaired) electrons. The molecule has 0 aliphatic heterocycles. The fourth-order valence-electron chi connectivity index (χ4n) is 0.268. The first-order valence-corrected chi connectivity index (χ1v) is 3.62. The summed E-state index contributed by atoms with van der Waals surface area (Å²) in [6, 6.07) is 0. The van der Waals surface area contributed by atoms with Crippen LogP contribution in [0, 0.1) is 0 Å². The number of hydrogen-bond donors (Lipinski definition) is 1. The van der Waals surface area contributed by atoms with E-state index in [2.05, 4.69) is 0 Å². The van der Waals surface area contributed by atoms with Gasteiger partial charge in [-0.2, -0.15) is 0 Å². The molecule has 1 N–H and O–H groups in total. The molecule has 0 amide bonds. The van der Waals surface area contributed by atoms with Gasteiger partial charge in [0.25, 0.3) is 0 Å². The van der Waals surface area contributed by atoms with Crippen LogP contribution in [0.15, 0.2) is 0 Å². The van der Waals surface area contributed by atoms with Gasteiger partial charge in [-0.05, 0) is 6.42 Å². The van der Waals surface area contributed by atoms with Crippen LogP contribution in [-0.4, -0.2) is 33.4 Å². The quantitative estimate of drug-likeness (QED) is 0.448. The van der Waals surface area contributed by atoms with Crippen LogP contribution >= 0.6 is 0 Å². The van der Waals surface area contributed by atoms with Crippen LogP contribution in [0.3, 0.4) is 0 Å². The maximum absolute atomic E-state index is 9.87. The molecule has 0 aromatic heterocycles. The number of rotatable bonds is 3. The van der Waals surface area contributed by atoms with Crippen molar-refractivity contribution < 1.29 is 8.76 Å². The van der Waals surface area contributed by atoms with Crippen LogP contribution in [-0.2, 0) is 11.1 Å². The minimum Gasteiger partial charge on any atom is -0.306 e. The zero-order chi connectivity index (χ0) is 5.70. The van der Waals surface area contributed by atoms with E-state index in [1.807, 2.05) is 6.92 Å². The summed E-state index contributed by atoms with van der Waals surface area (Å²) in [5, 5.41) is 0. The third kappa shape index (κ3) is 9.86. The molecule has 0 heterocycles. The molecule has 0 fully saturated rings. The molecule has 0 bridgehead atoms. The van der Waals surface area contributed by atoms with Crippen molar-refractivity contribution in [1.29, 1.82) is 0 Å². The van der Waals surface area contributed by atoms with Crippen LogP contribution in [0.25, 0.3) is 0 Å². The Labute approximate surface area is 64.5 Å². The minimum atomic E-state index is -1.57. The van der Waals surface area contributed by atoms with Gasteiger partial charge in [-0.3, -0.25) is 0 Å². The predicted octanol–water partition coefficient (Wildman–Crippen LogP) is 0.627. The van der Waals surface area contributed by atoms with Gasteiger partial charge in [0.2, 0.25) is 0 Å². The molecule has 45 valence electrons. The van der Waals surface area contributed by atoms with E-state index in [9.17, 15) is 4.21 Å². The van der Waals surface area contributed by atoms with E-state index < -0.39 is 11.1 Å². The van der Waals surface area contributed by atoms with Crippen molar-refractivity contribution in [1.82, 2.24) is 0 Å². The second-order valence-corrected chi connectivity index (χ2v) is 2.43. The SMILES string of the molecule is CCCCS(=O)O.[Li]. The van der Waals surface area contributed by atoms with Crippen molar-refractivity contribution in [3.63, 3.8) is 0 Å². The summed E-state index contributed by atoms with van der Waals surface area (Å²) in [6.45, 7) is 1.99. The molecule has 1 atom stereocenters. The Balaban J connectivity index is 0. The molecule has 0 aromatic rings. The Morgan fingerprint density at radius 3 is 2.25 bits per heavy atom. The molecule has 1 unspecified atom stereocenters. The van der Waals surface area contributed by atoms with Gasteiger partial charge in [0.1, 0.15) is 0 Å². The van der Waals surface area contributed by atoms with Crippen LogP contribution in [0.1, 0.15) is 19.8 Å². The summed E-state index contributed by atoms with van der Waals surface area (Å²) in [4.78, 5) is 0. The third-order valence-electron chi connectivity index (χ3n) is 0.673. The van der Waals surface area contributed by atoms with Gasteiger partial charge in [-0.25, -0.2) is 4.21 Å². The average molecular weight is 129 g/mol. The van der Waals surface area contributed by atoms with E-state index in [4.69, 9.17) is 4.55 Å². The topological polar surface area (TPSA) is 37.3 Å². The zero-order valence-electron chi connectivity index (χ0n) is 5.39. The van der Waals surface area contributed by atoms with Gasteiger partial charge in [0, 0.05) is 24.6 Å². The number of unbranched alkanes of at least 4 members (excludes halogenated alkanes) is 1. The Morgan fingerprint density at radius 1 is 1.62 bits per heavy atom. The normalized spacial score (nSPS) is 12.2. The summed E-state index contributed by atoms with van der Waals surface area (Å²) in [5.74, 6) is 0.427. The van der Waals surface area contributed by atoms with Gasteiger partial charge in [-0.1, -0.05) is 13.3 Å². The number of hydrogen-bond acceptors (Lipinski definition) is 1. The molecule has 0 rings (SSSR count). The van der Waals surface area contributed by atoms with E-state index in [1.165, 1.54) is 0 Å². The van der Waals surface area contributed by atoms with Crippen molar-refractivity contribution in [2.24, 2.45) is 0 Å². The summed E-state index contributed by atoms with van der Waals surface area (Å²) in [6.07, 6.45) is 1.84. The average Bonchev–Trinajstić information content (AvgIpc) is 1.61. The first kappa shape index (κ1) is 11.5. The first-order valence-electron chi connectivity index (χ1n) is 2.35. The largest absolute Gasteiger partial charge is 0.306 e. The maximum atomic E-state index is 9.87. The molecule has 0 saturated carbocycles. The van der Waals surface area contributed by atoms with Crippen LogP contribution in [0.2, 0.25) is 0 Å². The van der Waals surface area contributed by atoms with Crippen LogP contribution in [0.4, 0.5) is 0 Å². The molecule has 0 saturated heterocycles. The monoisotopic (exact) mass is 129 g/mol. The van der Waals surface area contributed by atoms with E-state index >= 15 is 0 Å². The Morgan fingerprint density at radius 2 is 2.12 bits per heavy atom. The van der Waals surface area contributed by atoms with Gasteiger partial charge in [0.05, 0.1) is 0 Å². The molecule has 0 aromatic carbocycles. The maximum Gasteiger partial charge on any atom is 0.152 e. The predicted molar refractivity (Wildman–Crippen MR) is 36.3 cm³/mol. The van der Waals surface area contributed by atoms with Crippen LogP contribution < -0.4 is 0 Å². The molecular formula is C4H10LiO2S. The summed E-state index contributed by atoms with van der Waals surface area (Å²) in [7, 11) is 0. The molecule has 4 heteroatoms. The molecule has 0 spiro atoms. The standard InChI is InChI=1S/C4H10O2S.Li/c1-2-3-4-7(5)6;/h2-4H2,1H3,(H,5,6);. The van der Waals surface area contributed by atoms with Crippen molar-refractivity contribution in [3.05, 3.63) is 0 Å². The van der Waals surface area contributed by atoms with Gasteiger partial charge < -0.3 is 4.55 Å². The van der Waals surface area contributed by atoms with E-state index in [0.29, 0.717) is 5.75 Å². The fourth-order valence-corrected chi connectivity index (χ4v) is 0.803. The van der Waals surface area contributed by atoms with Crippen molar-refractivity contribution in [2.75, 3.05) is 5.75 Å². The minimum absolute atomic E-state index is 0. The summed E-state index contributed by atoms with van der Waals surface area (Å²) < 4.78 is 18.0. The smallest absolute Gasteiger partial charge is 0.152 e. The van der Waals surface area contributed by atoms with E-state index in [1.54, 1.807) is 0 Å². The fraction of sp³-hybridized carbons (Fsp3) is 1.00. The molecule has 0 aliphatic carbocycles. The second-order valence-electron chi connectivity index (χ2n) is 1.38. The van der Waals surface area contributed by atoms with Gasteiger partial charge >= 0.3 is 0 Å². The Hall–Kier alpha value is 0.707. The Bertz CT molecular complexity index is 67.1. The van der Waals surface area contributed by atoms with Crippen molar-refractivity contribution >= 4 is 29.9 Å². The molecular weight excluding hydrogens is 119 g/mol. The Kier molecular flexibility index (Phi) is 11.1. The van der Waals surface area contributed by atoms with Gasteiger partial charge in [0.15, 0.2) is 11.1 Å². The zero-order valence-corrected chi connectivity index (χ0v) is 6.20. The third-order valence-corrected chi connectivity index (χ3v) is 1.31. The van der Waals surface area contributed by atoms with Crippen molar-refractivity contribution in [3.8, 4) is 0 Å². The summed E-state index contributed by atoms with van der Waals surface area (Å²) in [5.41, 5.74) is 0. The van der Waals surface area contributed by atoms with E-state index in [-0.39, 0.29) is 18.9 Å². The van der Waals surface area contributed by atoms with Crippen molar-refractivity contribution in [2.45, 2.75) is 19.8 Å².